The summed E-state index contributed by atoms with van der Waals surface area (Å²) in [5, 5.41) is 161. The van der Waals surface area contributed by atoms with Gasteiger partial charge in [0.25, 0.3) is 0 Å². The van der Waals surface area contributed by atoms with Gasteiger partial charge in [-0.2, -0.15) is 0 Å². The first-order valence-corrected chi connectivity index (χ1v) is 27.9. The number of carboxylic acids is 1. The fourth-order valence-corrected chi connectivity index (χ4v) is 16.5. The fraction of sp³-hybridized carbons (Fsp3) is 0.926. The zero-order chi connectivity index (χ0) is 58.0. The maximum absolute atomic E-state index is 14.8. The predicted molar refractivity (Wildman–Crippen MR) is 265 cm³/mol. The second kappa shape index (κ2) is 22.0. The third-order valence-electron chi connectivity index (χ3n) is 21.6. The molecule has 25 nitrogen and oxygen atoms in total. The molecule has 4 saturated heterocycles. The number of aliphatic hydroxyl groups excluding tert-OH is 14. The van der Waals surface area contributed by atoms with Gasteiger partial charge in [-0.05, 0) is 103 Å². The molecular formula is C54H86O25. The zero-order valence-corrected chi connectivity index (χ0v) is 45.8. The Morgan fingerprint density at radius 3 is 1.61 bits per heavy atom. The van der Waals surface area contributed by atoms with E-state index in [1.807, 2.05) is 27.7 Å². The summed E-state index contributed by atoms with van der Waals surface area (Å²) in [7, 11) is 0. The van der Waals surface area contributed by atoms with Crippen LogP contribution in [0.2, 0.25) is 0 Å². The van der Waals surface area contributed by atoms with Gasteiger partial charge in [0.1, 0.15) is 91.6 Å². The normalized spacial score (nSPS) is 53.3. The Labute approximate surface area is 457 Å². The molecule has 29 atom stereocenters. The molecule has 0 spiro atoms. The molecule has 0 radical (unpaired) electrons. The molecule has 0 bridgehead atoms. The average Bonchev–Trinajstić information content (AvgIpc) is 3.58. The van der Waals surface area contributed by atoms with Crippen LogP contribution >= 0.6 is 0 Å². The van der Waals surface area contributed by atoms with Gasteiger partial charge >= 0.3 is 11.9 Å². The molecule has 9 aliphatic rings. The third-order valence-corrected chi connectivity index (χ3v) is 21.6. The van der Waals surface area contributed by atoms with Crippen molar-refractivity contribution in [2.24, 2.45) is 50.2 Å². The molecule has 79 heavy (non-hydrogen) atoms. The molecule has 0 aromatic rings. The Morgan fingerprint density at radius 2 is 1.08 bits per heavy atom. The van der Waals surface area contributed by atoms with Gasteiger partial charge in [0.05, 0.1) is 37.4 Å². The van der Waals surface area contributed by atoms with Crippen LogP contribution in [0.15, 0.2) is 11.6 Å². The number of allylic oxidation sites excluding steroid dienone is 2. The minimum absolute atomic E-state index is 0.0641. The third kappa shape index (κ3) is 9.85. The van der Waals surface area contributed by atoms with E-state index < -0.39 is 194 Å². The number of hydrogen-bond acceptors (Lipinski definition) is 24. The Balaban J connectivity index is 1.01. The summed E-state index contributed by atoms with van der Waals surface area (Å²) >= 11 is 0. The van der Waals surface area contributed by atoms with Crippen molar-refractivity contribution in [3.8, 4) is 0 Å². The number of carboxylic acid groups (broad SMARTS) is 1. The molecule has 0 unspecified atom stereocenters. The van der Waals surface area contributed by atoms with E-state index in [1.165, 1.54) is 0 Å². The van der Waals surface area contributed by atoms with Crippen LogP contribution in [0, 0.1) is 50.2 Å². The largest absolute Gasteiger partial charge is 0.479 e. The number of hydrogen-bond donors (Lipinski definition) is 15. The lowest BCUT2D eigenvalue weighted by Gasteiger charge is -2.71. The van der Waals surface area contributed by atoms with E-state index in [1.54, 1.807) is 0 Å². The average molecular weight is 1140 g/mol. The van der Waals surface area contributed by atoms with Crippen molar-refractivity contribution in [1.82, 2.24) is 0 Å². The van der Waals surface area contributed by atoms with Crippen LogP contribution in [-0.4, -0.2) is 243 Å². The van der Waals surface area contributed by atoms with Crippen molar-refractivity contribution in [2.75, 3.05) is 19.8 Å². The Kier molecular flexibility index (Phi) is 17.1. The highest BCUT2D eigenvalue weighted by molar-refractivity contribution is 5.79. The van der Waals surface area contributed by atoms with Gasteiger partial charge in [0.2, 0.25) is 6.29 Å². The summed E-state index contributed by atoms with van der Waals surface area (Å²) in [5.74, 6) is -2.78. The molecule has 4 aliphatic heterocycles. The Morgan fingerprint density at radius 1 is 0.557 bits per heavy atom. The standard InChI is InChI=1S/C54H86O25/c1-49(2)16-22-21-8-9-27-51(5)12-11-29(50(3,4)26(51)10-13-53(27,7)52(21,6)14-15-54(22,17-28(49)58)48(71)79-46-38(67)35(64)32(61)25(20-57)74-46)75-47-42(78-45-37(66)34(63)31(60)24(19-56)73-45)40(39(68)41(77-47)43(69)70)76-44-36(65)33(62)30(59)23(18-55)72-44/h8,22-42,44-47,55-68H,9-20H2,1-7H3,(H,69,70)/t22-,23+,24+,25+,26-,27+,28-,29-,30-,31+,32+,33-,34-,35-,36+,37+,38+,39-,40-,41-,42+,44-,45-,46-,47+,51-,52+,53+,54+/m0/s1. The molecule has 5 aliphatic carbocycles. The Hall–Kier alpha value is -2.16. The minimum Gasteiger partial charge on any atom is -0.479 e. The first-order valence-electron chi connectivity index (χ1n) is 27.9. The van der Waals surface area contributed by atoms with Crippen LogP contribution in [-0.2, 0) is 47.5 Å². The van der Waals surface area contributed by atoms with E-state index in [0.717, 1.165) is 12.0 Å². The first kappa shape index (κ1) is 61.4. The zero-order valence-electron chi connectivity index (χ0n) is 45.8. The number of esters is 1. The van der Waals surface area contributed by atoms with Crippen molar-refractivity contribution in [3.05, 3.63) is 11.6 Å². The smallest absolute Gasteiger partial charge is 0.335 e. The van der Waals surface area contributed by atoms with Gasteiger partial charge in [-0.15, -0.1) is 0 Å². The summed E-state index contributed by atoms with van der Waals surface area (Å²) in [6.07, 6.45) is -31.5. The van der Waals surface area contributed by atoms with Gasteiger partial charge in [-0.1, -0.05) is 60.1 Å². The van der Waals surface area contributed by atoms with Crippen LogP contribution in [0.4, 0.5) is 0 Å². The highest BCUT2D eigenvalue weighted by atomic mass is 16.8. The summed E-state index contributed by atoms with van der Waals surface area (Å²) < 4.78 is 48.1. The maximum Gasteiger partial charge on any atom is 0.335 e. The van der Waals surface area contributed by atoms with Crippen LogP contribution in [0.5, 0.6) is 0 Å². The highest BCUT2D eigenvalue weighted by Crippen LogP contribution is 2.76. The summed E-state index contributed by atoms with van der Waals surface area (Å²) in [5.41, 5.74) is -2.69. The van der Waals surface area contributed by atoms with Crippen LogP contribution in [0.25, 0.3) is 0 Å². The van der Waals surface area contributed by atoms with Crippen LogP contribution in [0.1, 0.15) is 106 Å². The number of carbonyl (C=O) groups excluding carboxylic acids is 1. The van der Waals surface area contributed by atoms with Crippen LogP contribution in [0.3, 0.4) is 0 Å². The Bertz CT molecular complexity index is 2230. The van der Waals surface area contributed by atoms with E-state index in [9.17, 15) is 86.2 Å². The van der Waals surface area contributed by atoms with E-state index in [0.29, 0.717) is 44.9 Å². The number of aliphatic carboxylic acids is 1. The van der Waals surface area contributed by atoms with Gasteiger partial charge in [0, 0.05) is 0 Å². The van der Waals surface area contributed by atoms with Crippen molar-refractivity contribution in [3.63, 3.8) is 0 Å². The van der Waals surface area contributed by atoms with Crippen molar-refractivity contribution in [2.45, 2.75) is 241 Å². The number of rotatable bonds is 12. The number of aliphatic hydroxyl groups is 14. The second-order valence-electron chi connectivity index (χ2n) is 26.4. The highest BCUT2D eigenvalue weighted by Gasteiger charge is 2.71. The van der Waals surface area contributed by atoms with E-state index in [-0.39, 0.29) is 29.1 Å². The second-order valence-corrected chi connectivity index (χ2v) is 26.4. The predicted octanol–water partition coefficient (Wildman–Crippen LogP) is -2.97. The van der Waals surface area contributed by atoms with Gasteiger partial charge < -0.3 is 114 Å². The molecule has 4 saturated carbocycles. The molecule has 452 valence electrons. The lowest BCUT2D eigenvalue weighted by atomic mass is 9.33. The topological polar surface area (TPSA) is 411 Å². The minimum atomic E-state index is -2.17. The summed E-state index contributed by atoms with van der Waals surface area (Å²) in [4.78, 5) is 27.7. The first-order chi connectivity index (χ1) is 36.9. The van der Waals surface area contributed by atoms with E-state index >= 15 is 0 Å². The molecule has 0 aromatic heterocycles. The number of carbonyl (C=O) groups is 2. The monoisotopic (exact) mass is 1130 g/mol. The quantitative estimate of drug-likeness (QED) is 0.0527. The molecule has 0 amide bonds. The molecule has 9 rings (SSSR count). The molecule has 0 aromatic carbocycles. The fourth-order valence-electron chi connectivity index (χ4n) is 16.5. The molecular weight excluding hydrogens is 1050 g/mol. The molecule has 4 heterocycles. The van der Waals surface area contributed by atoms with Crippen molar-refractivity contribution in [1.29, 1.82) is 0 Å². The lowest BCUT2D eigenvalue weighted by Crippen LogP contribution is -2.69. The number of ether oxygens (including phenoxy) is 8. The molecule has 25 heteroatoms. The van der Waals surface area contributed by atoms with Crippen molar-refractivity contribution < 1.29 is 124 Å². The van der Waals surface area contributed by atoms with Crippen LogP contribution < -0.4 is 0 Å². The maximum atomic E-state index is 14.8. The molecule has 15 N–H and O–H groups in total. The summed E-state index contributed by atoms with van der Waals surface area (Å²) in [6, 6.07) is 0. The lowest BCUT2D eigenvalue weighted by molar-refractivity contribution is -0.396. The van der Waals surface area contributed by atoms with Gasteiger partial charge in [-0.25, -0.2) is 4.79 Å². The SMILES string of the molecule is CC1(C)C[C@H]2C3=CC[C@@H]4[C@@]5(C)CC[C@H](O[C@@H]6O[C@H](C(=O)O)[C@@H](O)[C@H](O[C@@H]7O[C@H](CO)[C@H](O)[C@H](O)[C@H]7O)[C@H]6O[C@@H]6O[C@H](CO)[C@@H](O)[C@H](O)[C@H]6O)C(C)(C)[C@@H]5CC[C@@]4(C)[C@]3(C)CC[C@@]2(C(=O)O[C@@H]2O[C@H](CO)[C@@H](O)[C@H](O)[C@H]2O)C[C@@H]1O. The van der Waals surface area contributed by atoms with Gasteiger partial charge in [0.15, 0.2) is 25.0 Å². The van der Waals surface area contributed by atoms with E-state index in [2.05, 4.69) is 26.8 Å². The van der Waals surface area contributed by atoms with Crippen molar-refractivity contribution >= 4 is 11.9 Å². The molecule has 8 fully saturated rings. The van der Waals surface area contributed by atoms with Gasteiger partial charge in [-0.3, -0.25) is 4.79 Å². The summed E-state index contributed by atoms with van der Waals surface area (Å²) in [6.45, 7) is 12.5. The number of fused-ring (bicyclic) bond motifs is 7. The van der Waals surface area contributed by atoms with E-state index in [4.69, 9.17) is 37.9 Å².